The highest BCUT2D eigenvalue weighted by Crippen LogP contribution is 2.24. The van der Waals surface area contributed by atoms with Crippen LogP contribution in [0, 0.1) is 10.1 Å². The fourth-order valence-electron chi connectivity index (χ4n) is 1.30. The number of aromatic nitrogens is 1. The van der Waals surface area contributed by atoms with E-state index in [1.807, 2.05) is 0 Å². The van der Waals surface area contributed by atoms with Crippen LogP contribution in [0.1, 0.15) is 15.4 Å². The summed E-state index contributed by atoms with van der Waals surface area (Å²) in [6.07, 6.45) is 7.54. The van der Waals surface area contributed by atoms with Crippen molar-refractivity contribution in [2.24, 2.45) is 0 Å². The lowest BCUT2D eigenvalue weighted by Gasteiger charge is -1.83. The lowest BCUT2D eigenvalue weighted by atomic mass is 10.3. The Kier molecular flexibility index (Phi) is 4.38. The molecule has 2 rings (SSSR count). The van der Waals surface area contributed by atoms with Crippen LogP contribution in [0.2, 0.25) is 0 Å². The van der Waals surface area contributed by atoms with Crippen molar-refractivity contribution in [3.63, 3.8) is 0 Å². The summed E-state index contributed by atoms with van der Waals surface area (Å²) in [7, 11) is 0. The van der Waals surface area contributed by atoms with E-state index in [4.69, 9.17) is 5.11 Å². The largest absolute Gasteiger partial charge is 0.478 e. The van der Waals surface area contributed by atoms with Gasteiger partial charge in [-0.25, -0.2) is 9.78 Å². The minimum absolute atomic E-state index is 0.0915. The molecule has 0 amide bonds. The zero-order valence-corrected chi connectivity index (χ0v) is 11.6. The highest BCUT2D eigenvalue weighted by molar-refractivity contribution is 7.13. The Balaban J connectivity index is 2.07. The van der Waals surface area contributed by atoms with Crippen LogP contribution < -0.4 is 0 Å². The molecule has 102 valence electrons. The van der Waals surface area contributed by atoms with E-state index in [1.165, 1.54) is 23.5 Å². The monoisotopic (exact) mass is 308 g/mol. The Morgan fingerprint density at radius 2 is 2.20 bits per heavy atom. The van der Waals surface area contributed by atoms with Gasteiger partial charge in [-0.1, -0.05) is 17.4 Å². The molecule has 2 aromatic rings. The van der Waals surface area contributed by atoms with Crippen LogP contribution in [0.15, 0.2) is 23.7 Å². The first-order valence-electron chi connectivity index (χ1n) is 5.32. The van der Waals surface area contributed by atoms with E-state index in [0.717, 1.165) is 27.9 Å². The van der Waals surface area contributed by atoms with Crippen LogP contribution in [0.4, 0.5) is 5.00 Å². The summed E-state index contributed by atoms with van der Waals surface area (Å²) >= 11 is 2.39. The predicted octanol–water partition coefficient (Wildman–Crippen LogP) is 3.38. The van der Waals surface area contributed by atoms with Gasteiger partial charge >= 0.3 is 11.0 Å². The van der Waals surface area contributed by atoms with Crippen LogP contribution in [0.25, 0.3) is 18.2 Å². The topological polar surface area (TPSA) is 93.3 Å². The third kappa shape index (κ3) is 3.84. The van der Waals surface area contributed by atoms with Gasteiger partial charge in [0.15, 0.2) is 0 Å². The Labute approximate surface area is 121 Å². The van der Waals surface area contributed by atoms with Crippen molar-refractivity contribution in [3.8, 4) is 0 Å². The molecule has 0 aliphatic heterocycles. The predicted molar refractivity (Wildman–Crippen MR) is 78.7 cm³/mol. The molecule has 0 bridgehead atoms. The highest BCUT2D eigenvalue weighted by atomic mass is 32.1. The van der Waals surface area contributed by atoms with Gasteiger partial charge in [-0.05, 0) is 17.7 Å². The second kappa shape index (κ2) is 6.22. The minimum atomic E-state index is -1.01. The minimum Gasteiger partial charge on any atom is -0.478 e. The molecule has 2 aromatic heterocycles. The first-order valence-corrected chi connectivity index (χ1v) is 7.02. The Morgan fingerprint density at radius 3 is 2.85 bits per heavy atom. The number of aliphatic carboxylic acids is 1. The third-order valence-electron chi connectivity index (χ3n) is 2.14. The molecule has 0 aromatic carbocycles. The first kappa shape index (κ1) is 14.1. The van der Waals surface area contributed by atoms with Gasteiger partial charge in [-0.3, -0.25) is 10.1 Å². The van der Waals surface area contributed by atoms with E-state index >= 15 is 0 Å². The number of carbonyl (C=O) groups is 1. The number of carboxylic acids is 1. The number of thiazole rings is 1. The number of nitro groups is 1. The smallest absolute Gasteiger partial charge is 0.328 e. The maximum atomic E-state index is 10.5. The standard InChI is InChI=1S/C12H8N2O4S2/c15-12(16)4-2-9-6-13-10(20-9)3-1-8-5-11(14(17)18)19-7-8/h1-7H,(H,15,16). The molecule has 0 fully saturated rings. The molecule has 20 heavy (non-hydrogen) atoms. The van der Waals surface area contributed by atoms with E-state index in [0.29, 0.717) is 5.01 Å². The number of carboxylic acid groups (broad SMARTS) is 1. The Morgan fingerprint density at radius 1 is 1.40 bits per heavy atom. The van der Waals surface area contributed by atoms with Crippen molar-refractivity contribution in [3.05, 3.63) is 49.3 Å². The summed E-state index contributed by atoms with van der Waals surface area (Å²) in [4.78, 5) is 25.3. The lowest BCUT2D eigenvalue weighted by Crippen LogP contribution is -1.84. The summed E-state index contributed by atoms with van der Waals surface area (Å²) in [5, 5.41) is 21.5. The van der Waals surface area contributed by atoms with Gasteiger partial charge in [0.2, 0.25) is 0 Å². The Hall–Kier alpha value is -2.32. The van der Waals surface area contributed by atoms with Crippen LogP contribution in [-0.2, 0) is 4.79 Å². The van der Waals surface area contributed by atoms with E-state index in [-0.39, 0.29) is 5.00 Å². The first-order chi connectivity index (χ1) is 9.54. The summed E-state index contributed by atoms with van der Waals surface area (Å²) < 4.78 is 0. The van der Waals surface area contributed by atoms with Gasteiger partial charge in [-0.2, -0.15) is 0 Å². The second-order valence-corrected chi connectivity index (χ2v) is 5.56. The molecule has 0 unspecified atom stereocenters. The van der Waals surface area contributed by atoms with Gasteiger partial charge in [0, 0.05) is 28.6 Å². The maximum Gasteiger partial charge on any atom is 0.328 e. The summed E-state index contributed by atoms with van der Waals surface area (Å²) in [6.45, 7) is 0. The van der Waals surface area contributed by atoms with Crippen molar-refractivity contribution < 1.29 is 14.8 Å². The van der Waals surface area contributed by atoms with Gasteiger partial charge in [-0.15, -0.1) is 11.3 Å². The number of thiophene rings is 1. The van der Waals surface area contributed by atoms with Gasteiger partial charge in [0.05, 0.1) is 4.92 Å². The maximum absolute atomic E-state index is 10.5. The molecule has 8 heteroatoms. The molecule has 0 saturated carbocycles. The third-order valence-corrected chi connectivity index (χ3v) is 3.96. The van der Waals surface area contributed by atoms with E-state index in [9.17, 15) is 14.9 Å². The summed E-state index contributed by atoms with van der Waals surface area (Å²) in [5.41, 5.74) is 0.736. The molecule has 6 nitrogen and oxygen atoms in total. The zero-order valence-electron chi connectivity index (χ0n) is 9.92. The molecule has 0 atom stereocenters. The average Bonchev–Trinajstić information content (AvgIpc) is 3.03. The van der Waals surface area contributed by atoms with E-state index < -0.39 is 10.9 Å². The van der Waals surface area contributed by atoms with Crippen molar-refractivity contribution >= 4 is 51.9 Å². The van der Waals surface area contributed by atoms with Crippen LogP contribution in [0.3, 0.4) is 0 Å². The molecular formula is C12H8N2O4S2. The molecule has 0 aliphatic carbocycles. The number of hydrogen-bond donors (Lipinski definition) is 1. The number of nitrogens with zero attached hydrogens (tertiary/aromatic N) is 2. The molecule has 1 N–H and O–H groups in total. The molecule has 2 heterocycles. The quantitative estimate of drug-likeness (QED) is 0.519. The van der Waals surface area contributed by atoms with E-state index in [1.54, 1.807) is 23.7 Å². The van der Waals surface area contributed by atoms with Crippen molar-refractivity contribution in [1.82, 2.24) is 4.98 Å². The second-order valence-electron chi connectivity index (χ2n) is 3.58. The van der Waals surface area contributed by atoms with Gasteiger partial charge in [0.1, 0.15) is 5.01 Å². The van der Waals surface area contributed by atoms with E-state index in [2.05, 4.69) is 4.98 Å². The summed E-state index contributed by atoms with van der Waals surface area (Å²) in [5.74, 6) is -1.01. The average molecular weight is 308 g/mol. The van der Waals surface area contributed by atoms with Gasteiger partial charge in [0.25, 0.3) is 0 Å². The SMILES string of the molecule is O=C(O)C=Cc1cnc(C=Cc2csc([N+](=O)[O-])c2)s1. The molecule has 0 saturated heterocycles. The fraction of sp³-hybridized carbons (Fsp3) is 0. The highest BCUT2D eigenvalue weighted by Gasteiger charge is 2.07. The normalized spacial score (nSPS) is 11.4. The molecule has 0 radical (unpaired) electrons. The van der Waals surface area contributed by atoms with Crippen molar-refractivity contribution in [2.75, 3.05) is 0 Å². The summed E-state index contributed by atoms with van der Waals surface area (Å²) in [6, 6.07) is 1.49. The fourth-order valence-corrected chi connectivity index (χ4v) is 2.72. The van der Waals surface area contributed by atoms with Crippen LogP contribution in [-0.4, -0.2) is 21.0 Å². The Bertz CT molecular complexity index is 700. The number of rotatable bonds is 5. The van der Waals surface area contributed by atoms with Gasteiger partial charge < -0.3 is 5.11 Å². The van der Waals surface area contributed by atoms with Crippen molar-refractivity contribution in [1.29, 1.82) is 0 Å². The van der Waals surface area contributed by atoms with Crippen LogP contribution in [0.5, 0.6) is 0 Å². The van der Waals surface area contributed by atoms with Crippen molar-refractivity contribution in [2.45, 2.75) is 0 Å². The molecule has 0 aliphatic rings. The van der Waals surface area contributed by atoms with Crippen LogP contribution >= 0.6 is 22.7 Å². The molecular weight excluding hydrogens is 300 g/mol. The lowest BCUT2D eigenvalue weighted by molar-refractivity contribution is -0.380. The zero-order chi connectivity index (χ0) is 14.5. The molecule has 0 spiro atoms. The number of hydrogen-bond acceptors (Lipinski definition) is 6.